The first-order valence-corrected chi connectivity index (χ1v) is 12.9. The van der Waals surface area contributed by atoms with Crippen molar-refractivity contribution in [2.45, 2.75) is 59.4 Å². The lowest BCUT2D eigenvalue weighted by molar-refractivity contribution is -0.115. The van der Waals surface area contributed by atoms with Gasteiger partial charge in [-0.05, 0) is 75.6 Å². The molecule has 2 aromatic carbocycles. The van der Waals surface area contributed by atoms with Crippen molar-refractivity contribution < 1.29 is 14.3 Å². The van der Waals surface area contributed by atoms with E-state index in [4.69, 9.17) is 17.0 Å². The number of Topliss-reactive ketones (excluding diaryl/α,β-unsaturated/α-hetero) is 1. The highest BCUT2D eigenvalue weighted by Gasteiger charge is 2.52. The van der Waals surface area contributed by atoms with E-state index in [0.29, 0.717) is 22.5 Å². The molecule has 1 amide bonds. The fourth-order valence-electron chi connectivity index (χ4n) is 4.97. The van der Waals surface area contributed by atoms with Crippen molar-refractivity contribution in [2.75, 3.05) is 11.5 Å². The Morgan fingerprint density at radius 1 is 1.06 bits per heavy atom. The van der Waals surface area contributed by atoms with Gasteiger partial charge >= 0.3 is 0 Å². The van der Waals surface area contributed by atoms with E-state index in [0.717, 1.165) is 51.4 Å². The second kappa shape index (κ2) is 8.17. The number of ketones is 1. The average molecular weight is 493 g/mol. The second-order valence-corrected chi connectivity index (χ2v) is 10.9. The minimum atomic E-state index is -0.687. The van der Waals surface area contributed by atoms with Crippen LogP contribution in [-0.2, 0) is 10.3 Å². The molecule has 0 N–H and O–H groups in total. The molecule has 1 aromatic heterocycles. The summed E-state index contributed by atoms with van der Waals surface area (Å²) in [6, 6.07) is 10.1. The van der Waals surface area contributed by atoms with Crippen LogP contribution in [0.5, 0.6) is 5.75 Å². The number of ether oxygens (including phenoxy) is 1. The average Bonchev–Trinajstić information content (AvgIpc) is 3.30. The molecule has 3 aromatic rings. The molecule has 2 aliphatic heterocycles. The summed E-state index contributed by atoms with van der Waals surface area (Å²) in [5, 5.41) is 0. The van der Waals surface area contributed by atoms with Gasteiger partial charge in [0.2, 0.25) is 0 Å². The number of anilines is 1. The normalized spacial score (nSPS) is 15.5. The van der Waals surface area contributed by atoms with Crippen LogP contribution in [0, 0.1) is 18.5 Å². The number of rotatable bonds is 6. The minimum absolute atomic E-state index is 0.422. The number of amides is 1. The SMILES string of the molecule is CCCCCOc1ccc(-n2sc3c(c2=S)-c2cc(C)c(C)c4c2N(C(=O)C4=O)C3(C)C)cc1. The van der Waals surface area contributed by atoms with Crippen LogP contribution in [0.15, 0.2) is 30.3 Å². The molecule has 2 aliphatic rings. The molecule has 0 atom stereocenters. The Labute approximate surface area is 209 Å². The molecule has 5 nitrogen and oxygen atoms in total. The van der Waals surface area contributed by atoms with Gasteiger partial charge in [0, 0.05) is 11.1 Å². The zero-order valence-electron chi connectivity index (χ0n) is 20.2. The van der Waals surface area contributed by atoms with E-state index in [2.05, 4.69) is 13.0 Å². The number of aromatic nitrogens is 1. The first-order valence-electron chi connectivity index (χ1n) is 11.7. The van der Waals surface area contributed by atoms with Crippen LogP contribution in [0.1, 0.15) is 66.4 Å². The van der Waals surface area contributed by atoms with Crippen molar-refractivity contribution in [1.82, 2.24) is 3.96 Å². The van der Waals surface area contributed by atoms with Crippen molar-refractivity contribution in [3.8, 4) is 22.6 Å². The zero-order valence-corrected chi connectivity index (χ0v) is 21.8. The number of hydrogen-bond donors (Lipinski definition) is 0. The molecule has 3 heterocycles. The van der Waals surface area contributed by atoms with Crippen molar-refractivity contribution in [2.24, 2.45) is 0 Å². The Morgan fingerprint density at radius 2 is 1.76 bits per heavy atom. The number of unbranched alkanes of at least 4 members (excludes halogenated alkanes) is 2. The van der Waals surface area contributed by atoms with Crippen LogP contribution < -0.4 is 9.64 Å². The summed E-state index contributed by atoms with van der Waals surface area (Å²) < 4.78 is 8.60. The van der Waals surface area contributed by atoms with E-state index < -0.39 is 17.2 Å². The van der Waals surface area contributed by atoms with Crippen LogP contribution >= 0.6 is 23.8 Å². The lowest BCUT2D eigenvalue weighted by atomic mass is 9.85. The molecule has 176 valence electrons. The molecular weight excluding hydrogens is 464 g/mol. The molecule has 7 heteroatoms. The molecule has 0 saturated carbocycles. The third kappa shape index (κ3) is 3.21. The number of hydrogen-bond acceptors (Lipinski definition) is 5. The fourth-order valence-corrected chi connectivity index (χ4v) is 6.66. The predicted molar refractivity (Wildman–Crippen MR) is 139 cm³/mol. The zero-order chi connectivity index (χ0) is 24.4. The molecule has 5 rings (SSSR count). The molecule has 0 saturated heterocycles. The van der Waals surface area contributed by atoms with Crippen molar-refractivity contribution in [3.63, 3.8) is 0 Å². The Morgan fingerprint density at radius 3 is 2.44 bits per heavy atom. The van der Waals surface area contributed by atoms with Crippen LogP contribution in [-0.4, -0.2) is 22.3 Å². The van der Waals surface area contributed by atoms with Crippen molar-refractivity contribution >= 4 is 41.1 Å². The maximum absolute atomic E-state index is 13.1. The summed E-state index contributed by atoms with van der Waals surface area (Å²) in [5.41, 5.74) is 5.18. The Balaban J connectivity index is 1.63. The predicted octanol–water partition coefficient (Wildman–Crippen LogP) is 6.90. The van der Waals surface area contributed by atoms with Crippen molar-refractivity contribution in [1.29, 1.82) is 0 Å². The van der Waals surface area contributed by atoms with Gasteiger partial charge in [0.15, 0.2) is 0 Å². The monoisotopic (exact) mass is 492 g/mol. The number of carbonyl (C=O) groups excluding carboxylic acids is 2. The molecule has 0 spiro atoms. The maximum Gasteiger partial charge on any atom is 0.300 e. The number of carbonyl (C=O) groups is 2. The van der Waals surface area contributed by atoms with Gasteiger partial charge in [-0.2, -0.15) is 0 Å². The first-order chi connectivity index (χ1) is 16.2. The second-order valence-electron chi connectivity index (χ2n) is 9.56. The van der Waals surface area contributed by atoms with E-state index in [1.54, 1.807) is 4.90 Å². The lowest BCUT2D eigenvalue weighted by Crippen LogP contribution is -2.46. The van der Waals surface area contributed by atoms with E-state index in [9.17, 15) is 9.59 Å². The first kappa shape index (κ1) is 23.0. The van der Waals surface area contributed by atoms with Crippen LogP contribution in [0.3, 0.4) is 0 Å². The van der Waals surface area contributed by atoms with Gasteiger partial charge in [0.05, 0.1) is 34.0 Å². The maximum atomic E-state index is 13.1. The van der Waals surface area contributed by atoms with Gasteiger partial charge in [-0.1, -0.05) is 43.5 Å². The summed E-state index contributed by atoms with van der Waals surface area (Å²) in [7, 11) is 0. The van der Waals surface area contributed by atoms with Crippen LogP contribution in [0.2, 0.25) is 0 Å². The van der Waals surface area contributed by atoms with E-state index in [1.807, 2.05) is 55.9 Å². The summed E-state index contributed by atoms with van der Waals surface area (Å²) >= 11 is 7.53. The minimum Gasteiger partial charge on any atom is -0.494 e. The largest absolute Gasteiger partial charge is 0.494 e. The van der Waals surface area contributed by atoms with Crippen LogP contribution in [0.25, 0.3) is 16.8 Å². The summed E-state index contributed by atoms with van der Waals surface area (Å²) in [6.07, 6.45) is 3.38. The van der Waals surface area contributed by atoms with E-state index in [1.165, 1.54) is 18.0 Å². The van der Waals surface area contributed by atoms with E-state index in [-0.39, 0.29) is 0 Å². The number of benzene rings is 2. The highest BCUT2D eigenvalue weighted by Crippen LogP contribution is 2.55. The van der Waals surface area contributed by atoms with Gasteiger partial charge in [-0.25, -0.2) is 0 Å². The summed E-state index contributed by atoms with van der Waals surface area (Å²) in [6.45, 7) is 10.8. The number of fused-ring (bicyclic) bond motifs is 2. The fraction of sp³-hybridized carbons (Fsp3) is 0.370. The van der Waals surface area contributed by atoms with Gasteiger partial charge in [0.1, 0.15) is 10.4 Å². The Kier molecular flexibility index (Phi) is 5.52. The third-order valence-electron chi connectivity index (χ3n) is 6.95. The Bertz CT molecular complexity index is 1400. The van der Waals surface area contributed by atoms with Gasteiger partial charge in [-0.3, -0.25) is 18.4 Å². The molecule has 0 aliphatic carbocycles. The highest BCUT2D eigenvalue weighted by molar-refractivity contribution is 7.71. The number of nitrogens with zero attached hydrogens (tertiary/aromatic N) is 2. The smallest absolute Gasteiger partial charge is 0.300 e. The standard InChI is InChI=1S/C27H28N2O3S2/c1-6-7-8-13-32-18-11-9-17(10-12-18)29-26(33)21-19-14-15(2)16(3)20-22(19)28(25(31)23(20)30)27(4,5)24(21)34-29/h9-12,14H,6-8,13H2,1-5H3. The molecule has 0 bridgehead atoms. The van der Waals surface area contributed by atoms with Gasteiger partial charge in [-0.15, -0.1) is 0 Å². The molecule has 34 heavy (non-hydrogen) atoms. The summed E-state index contributed by atoms with van der Waals surface area (Å²) in [4.78, 5) is 28.8. The molecule has 0 fully saturated rings. The summed E-state index contributed by atoms with van der Waals surface area (Å²) in [5.74, 6) is -0.0381. The topological polar surface area (TPSA) is 51.5 Å². The quantitative estimate of drug-likeness (QED) is 0.213. The third-order valence-corrected chi connectivity index (χ3v) is 8.91. The highest BCUT2D eigenvalue weighted by atomic mass is 32.1. The number of aryl methyl sites for hydroxylation is 1. The molecule has 0 unspecified atom stereocenters. The molecular formula is C27H28N2O3S2. The Hall–Kier alpha value is -2.77. The van der Waals surface area contributed by atoms with Crippen LogP contribution in [0.4, 0.5) is 5.69 Å². The molecule has 0 radical (unpaired) electrons. The van der Waals surface area contributed by atoms with Gasteiger partial charge in [0.25, 0.3) is 11.7 Å². The lowest BCUT2D eigenvalue weighted by Gasteiger charge is -2.40. The van der Waals surface area contributed by atoms with Gasteiger partial charge < -0.3 is 4.74 Å². The van der Waals surface area contributed by atoms with Crippen molar-refractivity contribution in [3.05, 3.63) is 56.5 Å². The van der Waals surface area contributed by atoms with E-state index >= 15 is 0 Å².